The summed E-state index contributed by atoms with van der Waals surface area (Å²) >= 11 is 0. The molecule has 0 aliphatic carbocycles. The van der Waals surface area contributed by atoms with Gasteiger partial charge in [0.05, 0.1) is 6.54 Å². The third-order valence-corrected chi connectivity index (χ3v) is 3.48. The Morgan fingerprint density at radius 2 is 2.00 bits per heavy atom. The van der Waals surface area contributed by atoms with Crippen LogP contribution in [0, 0.1) is 5.92 Å². The van der Waals surface area contributed by atoms with E-state index in [4.69, 9.17) is 14.2 Å². The van der Waals surface area contributed by atoms with Gasteiger partial charge in [0.25, 0.3) is 0 Å². The zero-order valence-electron chi connectivity index (χ0n) is 14.2. The topological polar surface area (TPSA) is 64.1 Å². The second-order valence-corrected chi connectivity index (χ2v) is 5.83. The van der Waals surface area contributed by atoms with Gasteiger partial charge in [-0.3, -0.25) is 4.99 Å². The summed E-state index contributed by atoms with van der Waals surface area (Å²) in [5.41, 5.74) is 0. The molecule has 6 heteroatoms. The van der Waals surface area contributed by atoms with E-state index in [1.165, 1.54) is 6.42 Å². The number of ether oxygens (including phenoxy) is 3. The molecule has 0 aromatic heterocycles. The second-order valence-electron chi connectivity index (χ2n) is 5.83. The number of nitrogens with zero attached hydrogens (tertiary/aromatic N) is 1. The number of fused-ring (bicyclic) bond motifs is 1. The van der Waals surface area contributed by atoms with E-state index >= 15 is 0 Å². The van der Waals surface area contributed by atoms with E-state index in [0.29, 0.717) is 13.2 Å². The van der Waals surface area contributed by atoms with Crippen molar-refractivity contribution in [2.75, 3.05) is 33.5 Å². The Morgan fingerprint density at radius 1 is 1.22 bits per heavy atom. The van der Waals surface area contributed by atoms with Gasteiger partial charge in [0, 0.05) is 19.7 Å². The van der Waals surface area contributed by atoms with Crippen molar-refractivity contribution in [2.24, 2.45) is 10.9 Å². The smallest absolute Gasteiger partial charge is 0.231 e. The summed E-state index contributed by atoms with van der Waals surface area (Å²) in [5.74, 6) is 3.82. The Hall–Kier alpha value is -2.11. The third-order valence-electron chi connectivity index (χ3n) is 3.48. The average molecular weight is 321 g/mol. The van der Waals surface area contributed by atoms with Crippen LogP contribution in [0.3, 0.4) is 0 Å². The summed E-state index contributed by atoms with van der Waals surface area (Å²) in [6.07, 6.45) is 2.36. The van der Waals surface area contributed by atoms with E-state index in [-0.39, 0.29) is 6.79 Å². The van der Waals surface area contributed by atoms with Crippen molar-refractivity contribution in [3.63, 3.8) is 0 Å². The van der Waals surface area contributed by atoms with Gasteiger partial charge < -0.3 is 24.8 Å². The summed E-state index contributed by atoms with van der Waals surface area (Å²) < 4.78 is 16.3. The van der Waals surface area contributed by atoms with E-state index < -0.39 is 0 Å². The molecule has 1 aromatic rings. The molecule has 0 spiro atoms. The molecule has 0 atom stereocenters. The van der Waals surface area contributed by atoms with Gasteiger partial charge in [0.1, 0.15) is 12.4 Å². The number of rotatable bonds is 8. The van der Waals surface area contributed by atoms with Crippen molar-refractivity contribution in [2.45, 2.75) is 26.7 Å². The molecule has 2 rings (SSSR count). The number of aliphatic imine (C=N–C) groups is 1. The number of nitrogens with one attached hydrogen (secondary N) is 2. The molecule has 1 aromatic carbocycles. The second kappa shape index (κ2) is 9.12. The molecule has 0 amide bonds. The lowest BCUT2D eigenvalue weighted by Gasteiger charge is -2.13. The van der Waals surface area contributed by atoms with Gasteiger partial charge in [-0.1, -0.05) is 13.8 Å². The Labute approximate surface area is 138 Å². The largest absolute Gasteiger partial charge is 0.492 e. The fourth-order valence-electron chi connectivity index (χ4n) is 2.24. The van der Waals surface area contributed by atoms with Gasteiger partial charge in [-0.25, -0.2) is 0 Å². The molecule has 0 saturated heterocycles. The monoisotopic (exact) mass is 321 g/mol. The molecule has 0 saturated carbocycles. The average Bonchev–Trinajstić information content (AvgIpc) is 3.00. The van der Waals surface area contributed by atoms with E-state index in [1.54, 1.807) is 7.05 Å². The molecular formula is C17H27N3O3. The zero-order chi connectivity index (χ0) is 16.5. The van der Waals surface area contributed by atoms with Crippen LogP contribution >= 0.6 is 0 Å². The lowest BCUT2D eigenvalue weighted by Crippen LogP contribution is -2.39. The molecular weight excluding hydrogens is 294 g/mol. The molecule has 0 radical (unpaired) electrons. The van der Waals surface area contributed by atoms with Gasteiger partial charge in [-0.05, 0) is 30.9 Å². The molecule has 0 unspecified atom stereocenters. The maximum Gasteiger partial charge on any atom is 0.231 e. The van der Waals surface area contributed by atoms with Gasteiger partial charge in [0.15, 0.2) is 17.5 Å². The predicted molar refractivity (Wildman–Crippen MR) is 91.5 cm³/mol. The van der Waals surface area contributed by atoms with Crippen molar-refractivity contribution in [3.8, 4) is 17.2 Å². The van der Waals surface area contributed by atoms with E-state index in [9.17, 15) is 0 Å². The van der Waals surface area contributed by atoms with Gasteiger partial charge >= 0.3 is 0 Å². The van der Waals surface area contributed by atoms with E-state index in [2.05, 4.69) is 29.5 Å². The minimum absolute atomic E-state index is 0.277. The fourth-order valence-corrected chi connectivity index (χ4v) is 2.24. The van der Waals surface area contributed by atoms with E-state index in [1.807, 2.05) is 18.2 Å². The minimum Gasteiger partial charge on any atom is -0.492 e. The SMILES string of the molecule is CN=C(NCCCC(C)C)NCCOc1ccc2c(c1)OCO2. The molecule has 0 bridgehead atoms. The maximum absolute atomic E-state index is 5.70. The predicted octanol–water partition coefficient (Wildman–Crippen LogP) is 2.40. The first-order valence-corrected chi connectivity index (χ1v) is 8.16. The maximum atomic E-state index is 5.70. The van der Waals surface area contributed by atoms with Crippen LogP contribution in [0.15, 0.2) is 23.2 Å². The highest BCUT2D eigenvalue weighted by Gasteiger charge is 2.13. The highest BCUT2D eigenvalue weighted by Crippen LogP contribution is 2.34. The fraction of sp³-hybridized carbons (Fsp3) is 0.588. The van der Waals surface area contributed by atoms with Crippen LogP contribution in [0.1, 0.15) is 26.7 Å². The Morgan fingerprint density at radius 3 is 2.78 bits per heavy atom. The number of guanidine groups is 1. The Balaban J connectivity index is 1.62. The van der Waals surface area contributed by atoms with Crippen LogP contribution in [-0.4, -0.2) is 39.5 Å². The van der Waals surface area contributed by atoms with Crippen LogP contribution in [0.5, 0.6) is 17.2 Å². The number of hydrogen-bond donors (Lipinski definition) is 2. The summed E-state index contributed by atoms with van der Waals surface area (Å²) in [4.78, 5) is 4.20. The Bertz CT molecular complexity index is 518. The van der Waals surface area contributed by atoms with Crippen molar-refractivity contribution in [1.82, 2.24) is 10.6 Å². The molecule has 1 aliphatic heterocycles. The lowest BCUT2D eigenvalue weighted by atomic mass is 10.1. The molecule has 128 valence electrons. The lowest BCUT2D eigenvalue weighted by molar-refractivity contribution is 0.173. The summed E-state index contributed by atoms with van der Waals surface area (Å²) in [5, 5.41) is 6.54. The first-order chi connectivity index (χ1) is 11.2. The Kier molecular flexibility index (Phi) is 6.84. The van der Waals surface area contributed by atoms with Gasteiger partial charge in [0.2, 0.25) is 6.79 Å². The van der Waals surface area contributed by atoms with Crippen LogP contribution in [0.25, 0.3) is 0 Å². The standard InChI is InChI=1S/C17H27N3O3/c1-13(2)5-4-8-19-17(18-3)20-9-10-21-14-6-7-15-16(11-14)23-12-22-15/h6-7,11,13H,4-5,8-10,12H2,1-3H3,(H2,18,19,20). The van der Waals surface area contributed by atoms with Crippen molar-refractivity contribution >= 4 is 5.96 Å². The van der Waals surface area contributed by atoms with Crippen LogP contribution in [0.4, 0.5) is 0 Å². The third kappa shape index (κ3) is 5.88. The highest BCUT2D eigenvalue weighted by atomic mass is 16.7. The van der Waals surface area contributed by atoms with Crippen LogP contribution < -0.4 is 24.8 Å². The summed E-state index contributed by atoms with van der Waals surface area (Å²) in [6, 6.07) is 5.59. The van der Waals surface area contributed by atoms with Crippen molar-refractivity contribution in [1.29, 1.82) is 0 Å². The molecule has 6 nitrogen and oxygen atoms in total. The quantitative estimate of drug-likeness (QED) is 0.437. The molecule has 1 aliphatic rings. The first kappa shape index (κ1) is 17.2. The summed E-state index contributed by atoms with van der Waals surface area (Å²) in [7, 11) is 1.77. The highest BCUT2D eigenvalue weighted by molar-refractivity contribution is 5.79. The summed E-state index contributed by atoms with van der Waals surface area (Å²) in [6.45, 7) is 6.91. The van der Waals surface area contributed by atoms with E-state index in [0.717, 1.165) is 42.1 Å². The van der Waals surface area contributed by atoms with Crippen LogP contribution in [0.2, 0.25) is 0 Å². The normalized spacial score (nSPS) is 13.3. The van der Waals surface area contributed by atoms with Crippen molar-refractivity contribution in [3.05, 3.63) is 18.2 Å². The van der Waals surface area contributed by atoms with Crippen LogP contribution in [-0.2, 0) is 0 Å². The molecule has 23 heavy (non-hydrogen) atoms. The van der Waals surface area contributed by atoms with Crippen molar-refractivity contribution < 1.29 is 14.2 Å². The zero-order valence-corrected chi connectivity index (χ0v) is 14.2. The number of hydrogen-bond acceptors (Lipinski definition) is 4. The van der Waals surface area contributed by atoms with Gasteiger partial charge in [-0.2, -0.15) is 0 Å². The minimum atomic E-state index is 0.277. The number of benzene rings is 1. The molecule has 0 fully saturated rings. The first-order valence-electron chi connectivity index (χ1n) is 8.16. The molecule has 1 heterocycles. The van der Waals surface area contributed by atoms with Gasteiger partial charge in [-0.15, -0.1) is 0 Å². The molecule has 2 N–H and O–H groups in total.